The molecule has 7 rings (SSSR count). The molecule has 214 valence electrons. The Kier molecular flexibility index (Phi) is 6.24. The molecule has 2 aliphatic heterocycles. The van der Waals surface area contributed by atoms with Crippen LogP contribution in [0.15, 0.2) is 42.6 Å². The minimum atomic E-state index is -0.877. The molecule has 0 amide bonds. The zero-order valence-corrected chi connectivity index (χ0v) is 23.3. The number of rotatable bonds is 8. The zero-order chi connectivity index (χ0) is 28.4. The van der Waals surface area contributed by atoms with Gasteiger partial charge in [-0.15, -0.1) is 0 Å². The maximum atomic E-state index is 16.4. The van der Waals surface area contributed by atoms with Gasteiger partial charge < -0.3 is 20.1 Å². The summed E-state index contributed by atoms with van der Waals surface area (Å²) in [5, 5.41) is 15.8. The van der Waals surface area contributed by atoms with Crippen molar-refractivity contribution < 1.29 is 18.6 Å². The highest BCUT2D eigenvalue weighted by Crippen LogP contribution is 2.42. The number of alkyl halides is 1. The summed E-state index contributed by atoms with van der Waals surface area (Å²) in [6.07, 6.45) is 5.09. The van der Waals surface area contributed by atoms with E-state index in [0.29, 0.717) is 36.3 Å². The summed E-state index contributed by atoms with van der Waals surface area (Å²) < 4.78 is 36.9. The molecule has 4 heterocycles. The fourth-order valence-electron chi connectivity index (χ4n) is 6.74. The third-order valence-electron chi connectivity index (χ3n) is 9.36. The number of aromatic nitrogens is 3. The number of anilines is 1. The Morgan fingerprint density at radius 2 is 1.98 bits per heavy atom. The number of hydrogen-bond acceptors (Lipinski definition) is 8. The number of nitrogens with one attached hydrogen (secondary N) is 1. The Labute approximate surface area is 237 Å². The van der Waals surface area contributed by atoms with Gasteiger partial charge in [-0.05, 0) is 69.2 Å². The number of pyridine rings is 1. The van der Waals surface area contributed by atoms with Gasteiger partial charge in [-0.2, -0.15) is 9.97 Å². The molecular weight excluding hydrogens is 526 g/mol. The number of likely N-dealkylation sites (N-methyl/N-ethyl adjacent to an activating group) is 1. The Morgan fingerprint density at radius 1 is 1.15 bits per heavy atom. The van der Waals surface area contributed by atoms with Crippen LogP contribution >= 0.6 is 0 Å². The van der Waals surface area contributed by atoms with E-state index in [9.17, 15) is 9.50 Å². The monoisotopic (exact) mass is 560 g/mol. The van der Waals surface area contributed by atoms with Crippen LogP contribution in [0.1, 0.15) is 32.1 Å². The number of aromatic hydroxyl groups is 1. The molecule has 41 heavy (non-hydrogen) atoms. The SMILES string of the molecule is CN(C)C1(CNc2nc(OC[C@@]34CCCN3C[C@H](F)C4)nc3c(F)c(-c4cc(O)cc5ccccc45)ncc23)CC1. The van der Waals surface area contributed by atoms with E-state index in [2.05, 4.69) is 44.2 Å². The molecule has 8 nitrogen and oxygen atoms in total. The van der Waals surface area contributed by atoms with Gasteiger partial charge in [0, 0.05) is 36.8 Å². The average Bonchev–Trinajstić information content (AvgIpc) is 3.56. The lowest BCUT2D eigenvalue weighted by atomic mass is 9.95. The Balaban J connectivity index is 1.30. The van der Waals surface area contributed by atoms with Crippen LogP contribution in [0.5, 0.6) is 11.8 Å². The Morgan fingerprint density at radius 3 is 2.78 bits per heavy atom. The van der Waals surface area contributed by atoms with Gasteiger partial charge >= 0.3 is 6.01 Å². The minimum absolute atomic E-state index is 0.0218. The maximum Gasteiger partial charge on any atom is 0.319 e. The average molecular weight is 561 g/mol. The van der Waals surface area contributed by atoms with Crippen LogP contribution in [-0.2, 0) is 0 Å². The Hall–Kier alpha value is -3.63. The van der Waals surface area contributed by atoms with Gasteiger partial charge in [0.15, 0.2) is 5.82 Å². The summed E-state index contributed by atoms with van der Waals surface area (Å²) in [5.41, 5.74) is 0.287. The van der Waals surface area contributed by atoms with E-state index in [4.69, 9.17) is 4.74 Å². The first kappa shape index (κ1) is 26.3. The van der Waals surface area contributed by atoms with E-state index in [-0.39, 0.29) is 40.7 Å². The second-order valence-electron chi connectivity index (χ2n) is 12.1. The van der Waals surface area contributed by atoms with E-state index in [0.717, 1.165) is 43.0 Å². The number of hydrogen-bond donors (Lipinski definition) is 2. The van der Waals surface area contributed by atoms with Gasteiger partial charge in [-0.1, -0.05) is 24.3 Å². The quantitative estimate of drug-likeness (QED) is 0.306. The second-order valence-corrected chi connectivity index (χ2v) is 12.1. The summed E-state index contributed by atoms with van der Waals surface area (Å²) in [7, 11) is 4.11. The molecule has 4 aromatic rings. The van der Waals surface area contributed by atoms with Crippen molar-refractivity contribution in [2.75, 3.05) is 45.7 Å². The van der Waals surface area contributed by atoms with Crippen LogP contribution in [0, 0.1) is 5.82 Å². The number of nitrogens with zero attached hydrogens (tertiary/aromatic N) is 5. The van der Waals surface area contributed by atoms with Crippen molar-refractivity contribution in [3.63, 3.8) is 0 Å². The van der Waals surface area contributed by atoms with Gasteiger partial charge in [0.1, 0.15) is 35.6 Å². The van der Waals surface area contributed by atoms with E-state index in [1.165, 1.54) is 6.07 Å². The lowest BCUT2D eigenvalue weighted by molar-refractivity contribution is 0.107. The number of phenols is 1. The normalized spacial score (nSPS) is 23.4. The highest BCUT2D eigenvalue weighted by atomic mass is 19.1. The lowest BCUT2D eigenvalue weighted by Gasteiger charge is -2.30. The largest absolute Gasteiger partial charge is 0.508 e. The smallest absolute Gasteiger partial charge is 0.319 e. The van der Waals surface area contributed by atoms with E-state index in [1.807, 2.05) is 24.3 Å². The summed E-state index contributed by atoms with van der Waals surface area (Å²) in [4.78, 5) is 18.1. The van der Waals surface area contributed by atoms with E-state index < -0.39 is 12.0 Å². The number of phenolic OH excluding ortho intramolecular Hbond substituents is 1. The molecule has 2 atom stereocenters. The standard InChI is InChI=1S/C31H34F2N6O2/c1-38(2)30(9-10-30)17-35-28-24-15-34-26(23-13-21(40)12-19-6-3-4-7-22(19)23)25(33)27(24)36-29(37-28)41-18-31-8-5-11-39(31)16-20(32)14-31/h3-4,6-7,12-13,15,20,40H,5,8-11,14,16-18H2,1-2H3,(H,35,36,37)/t20-,31+/m1/s1. The molecule has 2 saturated heterocycles. The van der Waals surface area contributed by atoms with Gasteiger partial charge in [0.05, 0.1) is 10.9 Å². The summed E-state index contributed by atoms with van der Waals surface area (Å²) >= 11 is 0. The van der Waals surface area contributed by atoms with Gasteiger partial charge in [0.25, 0.3) is 0 Å². The van der Waals surface area contributed by atoms with Crippen LogP contribution in [0.4, 0.5) is 14.6 Å². The molecule has 0 spiro atoms. The fourth-order valence-corrected chi connectivity index (χ4v) is 6.74. The molecule has 1 saturated carbocycles. The van der Waals surface area contributed by atoms with Gasteiger partial charge in [-0.3, -0.25) is 9.88 Å². The second kappa shape index (κ2) is 9.73. The maximum absolute atomic E-state index is 16.4. The lowest BCUT2D eigenvalue weighted by Crippen LogP contribution is -2.43. The molecule has 0 unspecified atom stereocenters. The van der Waals surface area contributed by atoms with Crippen molar-refractivity contribution >= 4 is 27.5 Å². The molecule has 0 radical (unpaired) electrons. The fraction of sp³-hybridized carbons (Fsp3) is 0.452. The highest BCUT2D eigenvalue weighted by Gasteiger charge is 2.49. The zero-order valence-electron chi connectivity index (χ0n) is 23.3. The van der Waals surface area contributed by atoms with Gasteiger partial charge in [-0.25, -0.2) is 8.78 Å². The van der Waals surface area contributed by atoms with Crippen molar-refractivity contribution in [1.82, 2.24) is 24.8 Å². The molecular formula is C31H34F2N6O2. The van der Waals surface area contributed by atoms with Crippen molar-refractivity contribution in [2.24, 2.45) is 0 Å². The molecule has 10 heteroatoms. The molecule has 0 bridgehead atoms. The van der Waals surface area contributed by atoms with Crippen LogP contribution in [0.3, 0.4) is 0 Å². The third-order valence-corrected chi connectivity index (χ3v) is 9.36. The summed E-state index contributed by atoms with van der Waals surface area (Å²) in [6.45, 7) is 2.15. The van der Waals surface area contributed by atoms with Crippen LogP contribution < -0.4 is 10.1 Å². The van der Waals surface area contributed by atoms with Crippen LogP contribution in [0.25, 0.3) is 32.9 Å². The number of benzene rings is 2. The first-order chi connectivity index (χ1) is 19.8. The van der Waals surface area contributed by atoms with E-state index in [1.54, 1.807) is 12.3 Å². The molecule has 1 aliphatic carbocycles. The summed E-state index contributed by atoms with van der Waals surface area (Å²) in [6, 6.07) is 10.7. The topological polar surface area (TPSA) is 86.6 Å². The predicted octanol–water partition coefficient (Wildman–Crippen LogP) is 5.15. The highest BCUT2D eigenvalue weighted by molar-refractivity contribution is 5.99. The number of halogens is 2. The van der Waals surface area contributed by atoms with Crippen LogP contribution in [-0.4, -0.2) is 87.4 Å². The third kappa shape index (κ3) is 4.53. The van der Waals surface area contributed by atoms with Crippen molar-refractivity contribution in [2.45, 2.75) is 49.4 Å². The van der Waals surface area contributed by atoms with Gasteiger partial charge in [0.2, 0.25) is 0 Å². The molecule has 2 N–H and O–H groups in total. The predicted molar refractivity (Wildman–Crippen MR) is 155 cm³/mol. The molecule has 2 aromatic carbocycles. The molecule has 3 fully saturated rings. The Bertz CT molecular complexity index is 1640. The van der Waals surface area contributed by atoms with Crippen molar-refractivity contribution in [1.29, 1.82) is 0 Å². The van der Waals surface area contributed by atoms with Crippen molar-refractivity contribution in [3.05, 3.63) is 48.4 Å². The van der Waals surface area contributed by atoms with E-state index >= 15 is 4.39 Å². The summed E-state index contributed by atoms with van der Waals surface area (Å²) in [5.74, 6) is -0.143. The first-order valence-electron chi connectivity index (χ1n) is 14.3. The first-order valence-corrected chi connectivity index (χ1v) is 14.3. The minimum Gasteiger partial charge on any atom is -0.508 e. The van der Waals surface area contributed by atoms with Crippen molar-refractivity contribution in [3.8, 4) is 23.0 Å². The number of fused-ring (bicyclic) bond motifs is 3. The molecule has 2 aromatic heterocycles. The molecule has 3 aliphatic rings. The number of ether oxygens (including phenoxy) is 1. The van der Waals surface area contributed by atoms with Crippen LogP contribution in [0.2, 0.25) is 0 Å².